The van der Waals surface area contributed by atoms with Gasteiger partial charge in [-0.1, -0.05) is 6.07 Å². The molecule has 2 aromatic rings. The largest absolute Gasteiger partial charge is 0.452 e. The van der Waals surface area contributed by atoms with Crippen molar-refractivity contribution in [3.05, 3.63) is 63.7 Å². The summed E-state index contributed by atoms with van der Waals surface area (Å²) in [4.78, 5) is 34.6. The Morgan fingerprint density at radius 1 is 1.19 bits per heavy atom. The van der Waals surface area contributed by atoms with Crippen LogP contribution in [-0.2, 0) is 24.3 Å². The topological polar surface area (TPSA) is 145 Å². The molecule has 0 aromatic heterocycles. The second kappa shape index (κ2) is 9.85. The van der Waals surface area contributed by atoms with Crippen molar-refractivity contribution in [2.24, 2.45) is 0 Å². The molecule has 11 nitrogen and oxygen atoms in total. The summed E-state index contributed by atoms with van der Waals surface area (Å²) in [6.07, 6.45) is 0. The molecule has 0 spiro atoms. The molecular weight excluding hydrogens is 442 g/mol. The number of benzene rings is 2. The molecule has 3 rings (SSSR count). The number of morpholine rings is 1. The number of nitrogens with zero attached hydrogens (tertiary/aromatic N) is 2. The zero-order chi connectivity index (χ0) is 23.3. The van der Waals surface area contributed by atoms with E-state index < -0.39 is 33.4 Å². The number of rotatable bonds is 7. The average Bonchev–Trinajstić information content (AvgIpc) is 2.78. The minimum absolute atomic E-state index is 0.0237. The smallest absolute Gasteiger partial charge is 0.338 e. The Bertz CT molecular complexity index is 1140. The van der Waals surface area contributed by atoms with E-state index in [9.17, 15) is 28.1 Å². The van der Waals surface area contributed by atoms with E-state index >= 15 is 0 Å². The van der Waals surface area contributed by atoms with Crippen LogP contribution in [0.1, 0.15) is 15.9 Å². The summed E-state index contributed by atoms with van der Waals surface area (Å²) in [5.41, 5.74) is 0.449. The van der Waals surface area contributed by atoms with Gasteiger partial charge in [-0.05, 0) is 37.3 Å². The highest BCUT2D eigenvalue weighted by Gasteiger charge is 2.26. The van der Waals surface area contributed by atoms with Crippen LogP contribution in [0.2, 0.25) is 0 Å². The van der Waals surface area contributed by atoms with Gasteiger partial charge in [0.05, 0.1) is 28.6 Å². The molecule has 1 amide bonds. The zero-order valence-corrected chi connectivity index (χ0v) is 18.0. The maximum atomic E-state index is 12.7. The Labute approximate surface area is 184 Å². The predicted octanol–water partition coefficient (Wildman–Crippen LogP) is 1.72. The fraction of sp³-hybridized carbons (Fsp3) is 0.300. The Hall–Kier alpha value is -3.35. The first-order chi connectivity index (χ1) is 15.2. The molecule has 0 unspecified atom stereocenters. The van der Waals surface area contributed by atoms with Crippen LogP contribution in [0, 0.1) is 17.0 Å². The Kier molecular flexibility index (Phi) is 7.18. The van der Waals surface area contributed by atoms with Crippen molar-refractivity contribution in [3.63, 3.8) is 0 Å². The fourth-order valence-corrected chi connectivity index (χ4v) is 4.52. The van der Waals surface area contributed by atoms with Crippen LogP contribution in [0.15, 0.2) is 47.4 Å². The number of anilines is 1. The lowest BCUT2D eigenvalue weighted by Crippen LogP contribution is -2.40. The van der Waals surface area contributed by atoms with Gasteiger partial charge in [0.1, 0.15) is 0 Å². The monoisotopic (exact) mass is 463 g/mol. The number of sulfonamides is 1. The number of hydrogen-bond donors (Lipinski definition) is 1. The number of carbonyl (C=O) groups excluding carboxylic acids is 2. The third-order valence-corrected chi connectivity index (χ3v) is 6.58. The normalized spacial score (nSPS) is 14.5. The molecule has 0 bridgehead atoms. The molecule has 1 heterocycles. The van der Waals surface area contributed by atoms with Gasteiger partial charge >= 0.3 is 5.97 Å². The number of esters is 1. The van der Waals surface area contributed by atoms with Crippen molar-refractivity contribution < 1.29 is 32.4 Å². The number of nitro benzene ring substituents is 1. The zero-order valence-electron chi connectivity index (χ0n) is 17.1. The fourth-order valence-electron chi connectivity index (χ4n) is 3.07. The van der Waals surface area contributed by atoms with E-state index in [1.165, 1.54) is 53.7 Å². The minimum Gasteiger partial charge on any atom is -0.452 e. The van der Waals surface area contributed by atoms with Crippen molar-refractivity contribution in [1.29, 1.82) is 0 Å². The molecular formula is C20H21N3O8S. The number of nitrogens with one attached hydrogen (secondary N) is 1. The molecule has 170 valence electrons. The van der Waals surface area contributed by atoms with Crippen LogP contribution in [0.25, 0.3) is 0 Å². The lowest BCUT2D eigenvalue weighted by atomic mass is 10.1. The van der Waals surface area contributed by atoms with E-state index in [4.69, 9.17) is 9.47 Å². The summed E-state index contributed by atoms with van der Waals surface area (Å²) >= 11 is 0. The number of nitro groups is 1. The van der Waals surface area contributed by atoms with Gasteiger partial charge < -0.3 is 14.8 Å². The summed E-state index contributed by atoms with van der Waals surface area (Å²) in [6, 6.07) is 9.49. The first kappa shape index (κ1) is 23.3. The van der Waals surface area contributed by atoms with Crippen LogP contribution in [0.4, 0.5) is 11.4 Å². The molecule has 1 aliphatic rings. The van der Waals surface area contributed by atoms with E-state index in [0.29, 0.717) is 13.2 Å². The van der Waals surface area contributed by atoms with Crippen LogP contribution < -0.4 is 5.32 Å². The van der Waals surface area contributed by atoms with E-state index in [-0.39, 0.29) is 40.5 Å². The number of ether oxygens (including phenoxy) is 2. The van der Waals surface area contributed by atoms with E-state index in [2.05, 4.69) is 5.32 Å². The standard InChI is InChI=1S/C20H21N3O8S/c1-14-11-15(5-6-18(14)23(26)27)20(25)31-13-19(24)21-16-3-2-4-17(12-16)32(28,29)22-7-9-30-10-8-22/h2-6,11-12H,7-10,13H2,1H3,(H,21,24). The van der Waals surface area contributed by atoms with Gasteiger partial charge in [0.25, 0.3) is 11.6 Å². The van der Waals surface area contributed by atoms with Gasteiger partial charge in [-0.3, -0.25) is 14.9 Å². The number of hydrogen-bond acceptors (Lipinski definition) is 8. The van der Waals surface area contributed by atoms with Crippen molar-refractivity contribution >= 4 is 33.3 Å². The lowest BCUT2D eigenvalue weighted by Gasteiger charge is -2.26. The first-order valence-corrected chi connectivity index (χ1v) is 11.0. The van der Waals surface area contributed by atoms with E-state index in [1.54, 1.807) is 0 Å². The van der Waals surface area contributed by atoms with Gasteiger partial charge in [-0.2, -0.15) is 4.31 Å². The quantitative estimate of drug-likeness (QED) is 0.371. The summed E-state index contributed by atoms with van der Waals surface area (Å²) in [7, 11) is -3.73. The highest BCUT2D eigenvalue weighted by molar-refractivity contribution is 7.89. The van der Waals surface area contributed by atoms with Crippen LogP contribution >= 0.6 is 0 Å². The summed E-state index contributed by atoms with van der Waals surface area (Å²) < 4.78 is 36.9. The maximum absolute atomic E-state index is 12.7. The van der Waals surface area contributed by atoms with E-state index in [1.807, 2.05) is 0 Å². The molecule has 2 aromatic carbocycles. The number of carbonyl (C=O) groups is 2. The average molecular weight is 463 g/mol. The van der Waals surface area contributed by atoms with Crippen molar-refractivity contribution in [2.75, 3.05) is 38.2 Å². The molecule has 0 atom stereocenters. The predicted molar refractivity (Wildman–Crippen MR) is 113 cm³/mol. The van der Waals surface area contributed by atoms with Crippen molar-refractivity contribution in [1.82, 2.24) is 4.31 Å². The molecule has 32 heavy (non-hydrogen) atoms. The van der Waals surface area contributed by atoms with E-state index in [0.717, 1.165) is 0 Å². The highest BCUT2D eigenvalue weighted by Crippen LogP contribution is 2.21. The summed E-state index contributed by atoms with van der Waals surface area (Å²) in [5, 5.41) is 13.3. The summed E-state index contributed by atoms with van der Waals surface area (Å²) in [5.74, 6) is -1.49. The molecule has 1 N–H and O–H groups in total. The molecule has 1 fully saturated rings. The van der Waals surface area contributed by atoms with Crippen LogP contribution in [0.5, 0.6) is 0 Å². The van der Waals surface area contributed by atoms with Gasteiger partial charge in [0.15, 0.2) is 6.61 Å². The lowest BCUT2D eigenvalue weighted by molar-refractivity contribution is -0.385. The number of amides is 1. The Morgan fingerprint density at radius 2 is 1.91 bits per heavy atom. The molecule has 1 aliphatic heterocycles. The van der Waals surface area contributed by atoms with Crippen molar-refractivity contribution in [3.8, 4) is 0 Å². The third kappa shape index (κ3) is 5.46. The van der Waals surface area contributed by atoms with Gasteiger partial charge in [-0.15, -0.1) is 0 Å². The second-order valence-electron chi connectivity index (χ2n) is 6.93. The van der Waals surface area contributed by atoms with Gasteiger partial charge in [-0.25, -0.2) is 13.2 Å². The molecule has 0 radical (unpaired) electrons. The third-order valence-electron chi connectivity index (χ3n) is 4.69. The molecule has 1 saturated heterocycles. The Morgan fingerprint density at radius 3 is 2.56 bits per heavy atom. The van der Waals surface area contributed by atoms with Gasteiger partial charge in [0.2, 0.25) is 10.0 Å². The second-order valence-corrected chi connectivity index (χ2v) is 8.86. The van der Waals surface area contributed by atoms with Crippen molar-refractivity contribution in [2.45, 2.75) is 11.8 Å². The minimum atomic E-state index is -3.73. The first-order valence-electron chi connectivity index (χ1n) is 9.58. The van der Waals surface area contributed by atoms with Gasteiger partial charge in [0, 0.05) is 30.4 Å². The highest BCUT2D eigenvalue weighted by atomic mass is 32.2. The number of aryl methyl sites for hydroxylation is 1. The van der Waals surface area contributed by atoms with Crippen LogP contribution in [0.3, 0.4) is 0 Å². The Balaban J connectivity index is 1.60. The SMILES string of the molecule is Cc1cc(C(=O)OCC(=O)Nc2cccc(S(=O)(=O)N3CCOCC3)c2)ccc1[N+](=O)[O-]. The molecule has 12 heteroatoms. The van der Waals surface area contributed by atoms with Crippen LogP contribution in [-0.4, -0.2) is 62.4 Å². The molecule has 0 aliphatic carbocycles. The molecule has 0 saturated carbocycles. The summed E-state index contributed by atoms with van der Waals surface area (Å²) in [6.45, 7) is 1.99. The maximum Gasteiger partial charge on any atom is 0.338 e.